The molecular weight excluding hydrogens is 372 g/mol. The Morgan fingerprint density at radius 3 is 2.64 bits per heavy atom. The highest BCUT2D eigenvalue weighted by molar-refractivity contribution is 7.14. The van der Waals surface area contributed by atoms with E-state index in [0.717, 1.165) is 22.6 Å². The van der Waals surface area contributed by atoms with Crippen LogP contribution in [0.3, 0.4) is 0 Å². The van der Waals surface area contributed by atoms with Crippen molar-refractivity contribution in [2.24, 2.45) is 0 Å². The lowest BCUT2D eigenvalue weighted by molar-refractivity contribution is 0.102. The van der Waals surface area contributed by atoms with Gasteiger partial charge in [-0.1, -0.05) is 30.3 Å². The van der Waals surface area contributed by atoms with Crippen molar-refractivity contribution in [2.75, 3.05) is 11.9 Å². The van der Waals surface area contributed by atoms with Gasteiger partial charge in [0.05, 0.1) is 29.8 Å². The van der Waals surface area contributed by atoms with Crippen LogP contribution in [0.15, 0.2) is 66.2 Å². The van der Waals surface area contributed by atoms with Crippen LogP contribution in [0.25, 0.3) is 22.5 Å². The Morgan fingerprint density at radius 1 is 1.11 bits per heavy atom. The van der Waals surface area contributed by atoms with Crippen LogP contribution in [-0.2, 0) is 0 Å². The van der Waals surface area contributed by atoms with Gasteiger partial charge in [0.2, 0.25) is 0 Å². The molecule has 2 heterocycles. The van der Waals surface area contributed by atoms with Gasteiger partial charge in [-0.15, -0.1) is 11.3 Å². The molecule has 0 saturated heterocycles. The van der Waals surface area contributed by atoms with E-state index in [0.29, 0.717) is 23.0 Å². The number of amides is 1. The van der Waals surface area contributed by atoms with Crippen molar-refractivity contribution in [1.82, 2.24) is 15.2 Å². The SMILES string of the molecule is CCOc1ccc(-c2csc(NC(=O)c3cn[nH]c3-c3ccccc3)n2)cc1. The van der Waals surface area contributed by atoms with Crippen LogP contribution in [0.5, 0.6) is 5.75 Å². The monoisotopic (exact) mass is 390 g/mol. The molecule has 1 amide bonds. The lowest BCUT2D eigenvalue weighted by atomic mass is 10.1. The van der Waals surface area contributed by atoms with Crippen LogP contribution >= 0.6 is 11.3 Å². The summed E-state index contributed by atoms with van der Waals surface area (Å²) in [6.07, 6.45) is 1.53. The number of carbonyl (C=O) groups excluding carboxylic acids is 1. The van der Waals surface area contributed by atoms with Crippen LogP contribution in [0, 0.1) is 0 Å². The van der Waals surface area contributed by atoms with Crippen LogP contribution in [-0.4, -0.2) is 27.7 Å². The smallest absolute Gasteiger partial charge is 0.261 e. The van der Waals surface area contributed by atoms with E-state index in [1.165, 1.54) is 17.5 Å². The van der Waals surface area contributed by atoms with Gasteiger partial charge in [0.1, 0.15) is 5.75 Å². The number of nitrogens with zero attached hydrogens (tertiary/aromatic N) is 2. The summed E-state index contributed by atoms with van der Waals surface area (Å²) in [4.78, 5) is 17.2. The normalized spacial score (nSPS) is 10.6. The molecule has 7 heteroatoms. The first-order valence-electron chi connectivity index (χ1n) is 8.83. The standard InChI is InChI=1S/C21H18N4O2S/c1-2-27-16-10-8-14(9-11-16)18-13-28-21(23-18)24-20(26)17-12-22-25-19(17)15-6-4-3-5-7-15/h3-13H,2H2,1H3,(H,22,25)(H,23,24,26). The average molecular weight is 390 g/mol. The third-order valence-electron chi connectivity index (χ3n) is 4.13. The minimum absolute atomic E-state index is 0.250. The quantitative estimate of drug-likeness (QED) is 0.493. The van der Waals surface area contributed by atoms with Gasteiger partial charge in [0.25, 0.3) is 5.91 Å². The first-order valence-corrected chi connectivity index (χ1v) is 9.71. The van der Waals surface area contributed by atoms with Crippen molar-refractivity contribution in [1.29, 1.82) is 0 Å². The fraction of sp³-hybridized carbons (Fsp3) is 0.0952. The largest absolute Gasteiger partial charge is 0.494 e. The second-order valence-corrected chi connectivity index (χ2v) is 6.83. The third kappa shape index (κ3) is 3.79. The number of ether oxygens (including phenoxy) is 1. The summed E-state index contributed by atoms with van der Waals surface area (Å²) in [5, 5.41) is 12.2. The molecule has 0 aliphatic rings. The molecule has 28 heavy (non-hydrogen) atoms. The number of carbonyl (C=O) groups is 1. The molecule has 0 atom stereocenters. The number of nitrogens with one attached hydrogen (secondary N) is 2. The summed E-state index contributed by atoms with van der Waals surface area (Å²) >= 11 is 1.38. The summed E-state index contributed by atoms with van der Waals surface area (Å²) < 4.78 is 5.46. The maximum Gasteiger partial charge on any atom is 0.261 e. The Balaban J connectivity index is 1.50. The minimum Gasteiger partial charge on any atom is -0.494 e. The number of rotatable bonds is 6. The number of aromatic amines is 1. The van der Waals surface area contributed by atoms with Gasteiger partial charge in [-0.05, 0) is 31.2 Å². The van der Waals surface area contributed by atoms with Gasteiger partial charge in [-0.2, -0.15) is 5.10 Å². The van der Waals surface area contributed by atoms with Crippen molar-refractivity contribution < 1.29 is 9.53 Å². The summed E-state index contributed by atoms with van der Waals surface area (Å²) in [5.74, 6) is 0.573. The van der Waals surface area contributed by atoms with Gasteiger partial charge in [-0.3, -0.25) is 15.2 Å². The van der Waals surface area contributed by atoms with E-state index < -0.39 is 0 Å². The molecule has 0 saturated carbocycles. The number of aromatic nitrogens is 3. The summed E-state index contributed by atoms with van der Waals surface area (Å²) in [5.41, 5.74) is 3.83. The van der Waals surface area contributed by atoms with Crippen LogP contribution in [0.2, 0.25) is 0 Å². The zero-order valence-electron chi connectivity index (χ0n) is 15.2. The topological polar surface area (TPSA) is 79.9 Å². The van der Waals surface area contributed by atoms with Crippen LogP contribution < -0.4 is 10.1 Å². The summed E-state index contributed by atoms with van der Waals surface area (Å²) in [6.45, 7) is 2.58. The Morgan fingerprint density at radius 2 is 1.89 bits per heavy atom. The summed E-state index contributed by atoms with van der Waals surface area (Å²) in [6, 6.07) is 17.4. The Hall–Kier alpha value is -3.45. The van der Waals surface area contributed by atoms with Crippen molar-refractivity contribution in [3.8, 4) is 28.3 Å². The molecule has 0 radical (unpaired) electrons. The molecular formula is C21H18N4O2S. The number of hydrogen-bond donors (Lipinski definition) is 2. The molecule has 0 aliphatic heterocycles. The minimum atomic E-state index is -0.250. The molecule has 0 spiro atoms. The fourth-order valence-corrected chi connectivity index (χ4v) is 3.51. The highest BCUT2D eigenvalue weighted by Crippen LogP contribution is 2.28. The van der Waals surface area contributed by atoms with E-state index in [-0.39, 0.29) is 5.91 Å². The van der Waals surface area contributed by atoms with E-state index in [2.05, 4.69) is 20.5 Å². The van der Waals surface area contributed by atoms with E-state index in [1.807, 2.05) is 66.9 Å². The molecule has 4 rings (SSSR count). The Labute approximate surface area is 166 Å². The molecule has 140 valence electrons. The van der Waals surface area contributed by atoms with E-state index in [1.54, 1.807) is 0 Å². The van der Waals surface area contributed by atoms with Crippen molar-refractivity contribution in [3.05, 3.63) is 71.7 Å². The fourth-order valence-electron chi connectivity index (χ4n) is 2.80. The highest BCUT2D eigenvalue weighted by atomic mass is 32.1. The maximum atomic E-state index is 12.7. The lowest BCUT2D eigenvalue weighted by Crippen LogP contribution is -2.12. The predicted molar refractivity (Wildman–Crippen MR) is 111 cm³/mol. The molecule has 2 aromatic carbocycles. The van der Waals surface area contributed by atoms with Gasteiger partial charge in [0.15, 0.2) is 5.13 Å². The van der Waals surface area contributed by atoms with Gasteiger partial charge < -0.3 is 4.74 Å². The van der Waals surface area contributed by atoms with E-state index in [4.69, 9.17) is 4.74 Å². The molecule has 0 unspecified atom stereocenters. The van der Waals surface area contributed by atoms with E-state index >= 15 is 0 Å². The lowest BCUT2D eigenvalue weighted by Gasteiger charge is -2.04. The number of benzene rings is 2. The molecule has 2 N–H and O–H groups in total. The molecule has 0 aliphatic carbocycles. The molecule has 4 aromatic rings. The first-order chi connectivity index (χ1) is 13.7. The Bertz CT molecular complexity index is 1070. The number of anilines is 1. The zero-order valence-corrected chi connectivity index (χ0v) is 16.0. The van der Waals surface area contributed by atoms with Crippen LogP contribution in [0.1, 0.15) is 17.3 Å². The summed E-state index contributed by atoms with van der Waals surface area (Å²) in [7, 11) is 0. The molecule has 0 bridgehead atoms. The van der Waals surface area contributed by atoms with Gasteiger partial charge in [-0.25, -0.2) is 4.98 Å². The second kappa shape index (κ2) is 8.06. The Kier molecular flexibility index (Phi) is 5.16. The van der Waals surface area contributed by atoms with Gasteiger partial charge in [0, 0.05) is 16.5 Å². The first kappa shape index (κ1) is 17.9. The van der Waals surface area contributed by atoms with Crippen LogP contribution in [0.4, 0.5) is 5.13 Å². The molecule has 2 aromatic heterocycles. The zero-order chi connectivity index (χ0) is 19.3. The maximum absolute atomic E-state index is 12.7. The predicted octanol–water partition coefficient (Wildman–Crippen LogP) is 4.85. The average Bonchev–Trinajstić information content (AvgIpc) is 3.39. The third-order valence-corrected chi connectivity index (χ3v) is 4.89. The molecule has 6 nitrogen and oxygen atoms in total. The van der Waals surface area contributed by atoms with Crippen molar-refractivity contribution in [3.63, 3.8) is 0 Å². The van der Waals surface area contributed by atoms with Gasteiger partial charge >= 0.3 is 0 Å². The number of hydrogen-bond acceptors (Lipinski definition) is 5. The van der Waals surface area contributed by atoms with Crippen molar-refractivity contribution >= 4 is 22.4 Å². The molecule has 0 fully saturated rings. The highest BCUT2D eigenvalue weighted by Gasteiger charge is 2.17. The van der Waals surface area contributed by atoms with E-state index in [9.17, 15) is 4.79 Å². The number of thiazole rings is 1. The number of H-pyrrole nitrogens is 1. The van der Waals surface area contributed by atoms with Crippen molar-refractivity contribution in [2.45, 2.75) is 6.92 Å². The second-order valence-electron chi connectivity index (χ2n) is 5.97.